The molecule has 0 aliphatic rings. The Morgan fingerprint density at radius 3 is 2.67 bits per heavy atom. The van der Waals surface area contributed by atoms with Crippen LogP contribution in [-0.4, -0.2) is 11.6 Å². The number of anilines is 1. The van der Waals surface area contributed by atoms with E-state index in [2.05, 4.69) is 4.98 Å². The maximum Gasteiger partial charge on any atom is 0.252 e. The predicted molar refractivity (Wildman–Crippen MR) is 52.3 cm³/mol. The summed E-state index contributed by atoms with van der Waals surface area (Å²) in [7, 11) is 0. The second-order valence-corrected chi connectivity index (χ2v) is 3.45. The van der Waals surface area contributed by atoms with Gasteiger partial charge in [0.1, 0.15) is 0 Å². The summed E-state index contributed by atoms with van der Waals surface area (Å²) < 4.78 is 31.1. The smallest absolute Gasteiger partial charge is 0.252 e. The first-order chi connectivity index (χ1) is 7.04. The molecule has 15 heavy (non-hydrogen) atoms. The molecule has 0 aliphatic carbocycles. The molecule has 0 fully saturated rings. The third kappa shape index (κ3) is 3.02. The number of rotatable bonds is 4. The molecule has 0 aromatic carbocycles. The van der Waals surface area contributed by atoms with Crippen molar-refractivity contribution in [3.05, 3.63) is 17.7 Å². The highest BCUT2D eigenvalue weighted by molar-refractivity contribution is 5.38. The Kier molecular flexibility index (Phi) is 3.79. The third-order valence-corrected chi connectivity index (χ3v) is 1.59. The van der Waals surface area contributed by atoms with E-state index in [0.29, 0.717) is 12.7 Å². The highest BCUT2D eigenvalue weighted by Gasteiger charge is 2.12. The molecular weight excluding hydrogens is 204 g/mol. The fourth-order valence-electron chi connectivity index (χ4n) is 0.898. The van der Waals surface area contributed by atoms with Gasteiger partial charge in [-0.15, -0.1) is 0 Å². The number of nitrogens with two attached hydrogens (primary N) is 1. The molecule has 0 bridgehead atoms. The van der Waals surface area contributed by atoms with Crippen LogP contribution in [0.25, 0.3) is 0 Å². The van der Waals surface area contributed by atoms with E-state index in [4.69, 9.17) is 10.6 Å². The largest absolute Gasteiger partial charge is 0.475 e. The number of ether oxygens (including phenoxy) is 1. The predicted octanol–water partition coefficient (Wildman–Crippen LogP) is 1.68. The zero-order valence-corrected chi connectivity index (χ0v) is 8.55. The minimum absolute atomic E-state index is 0.227. The molecule has 4 nitrogen and oxygen atoms in total. The van der Waals surface area contributed by atoms with Crippen LogP contribution >= 0.6 is 0 Å². The molecule has 1 aromatic rings. The highest BCUT2D eigenvalue weighted by Crippen LogP contribution is 2.20. The summed E-state index contributed by atoms with van der Waals surface area (Å²) in [5.41, 5.74) is 2.02. The maximum atomic E-state index is 13.1. The number of nitrogens with zero attached hydrogens (tertiary/aromatic N) is 1. The van der Waals surface area contributed by atoms with Crippen LogP contribution < -0.4 is 16.0 Å². The second-order valence-electron chi connectivity index (χ2n) is 3.45. The zero-order valence-electron chi connectivity index (χ0n) is 8.55. The van der Waals surface area contributed by atoms with Gasteiger partial charge < -0.3 is 10.2 Å². The lowest BCUT2D eigenvalue weighted by molar-refractivity contribution is 0.248. The lowest BCUT2D eigenvalue weighted by Crippen LogP contribution is -2.13. The minimum Gasteiger partial charge on any atom is -0.475 e. The average Bonchev–Trinajstić information content (AvgIpc) is 2.16. The molecule has 0 saturated heterocycles. The van der Waals surface area contributed by atoms with Crippen LogP contribution in [0.1, 0.15) is 13.8 Å². The van der Waals surface area contributed by atoms with Crippen molar-refractivity contribution in [3.8, 4) is 5.88 Å². The van der Waals surface area contributed by atoms with Gasteiger partial charge in [0.15, 0.2) is 17.5 Å². The summed E-state index contributed by atoms with van der Waals surface area (Å²) in [6.07, 6.45) is 0. The summed E-state index contributed by atoms with van der Waals surface area (Å²) in [5, 5.41) is 0. The molecule has 0 saturated carbocycles. The molecule has 0 spiro atoms. The molecule has 1 aromatic heterocycles. The molecule has 0 unspecified atom stereocenters. The van der Waals surface area contributed by atoms with Gasteiger partial charge in [0.05, 0.1) is 6.61 Å². The van der Waals surface area contributed by atoms with E-state index in [0.717, 1.165) is 0 Å². The zero-order chi connectivity index (χ0) is 11.4. The van der Waals surface area contributed by atoms with Gasteiger partial charge in [-0.05, 0) is 5.92 Å². The van der Waals surface area contributed by atoms with E-state index in [1.165, 1.54) is 0 Å². The first kappa shape index (κ1) is 11.6. The number of hydrogen-bond acceptors (Lipinski definition) is 4. The van der Waals surface area contributed by atoms with Crippen LogP contribution in [0, 0.1) is 17.6 Å². The van der Waals surface area contributed by atoms with E-state index in [-0.39, 0.29) is 17.6 Å². The Morgan fingerprint density at radius 1 is 1.47 bits per heavy atom. The van der Waals surface area contributed by atoms with Crippen LogP contribution in [0.3, 0.4) is 0 Å². The van der Waals surface area contributed by atoms with Gasteiger partial charge >= 0.3 is 0 Å². The lowest BCUT2D eigenvalue weighted by Gasteiger charge is -2.10. The van der Waals surface area contributed by atoms with Crippen molar-refractivity contribution in [1.29, 1.82) is 0 Å². The molecule has 84 valence electrons. The number of pyridine rings is 1. The maximum absolute atomic E-state index is 13.1. The van der Waals surface area contributed by atoms with Crippen molar-refractivity contribution in [3.63, 3.8) is 0 Å². The quantitative estimate of drug-likeness (QED) is 0.595. The Morgan fingerprint density at radius 2 is 2.13 bits per heavy atom. The number of nitrogens with one attached hydrogen (secondary N) is 1. The van der Waals surface area contributed by atoms with E-state index in [1.807, 2.05) is 19.3 Å². The molecule has 0 radical (unpaired) electrons. The van der Waals surface area contributed by atoms with Crippen LogP contribution in [0.4, 0.5) is 14.6 Å². The number of aromatic nitrogens is 1. The SMILES string of the molecule is CC(C)COc1nc(NN)c(F)cc1F. The van der Waals surface area contributed by atoms with E-state index in [9.17, 15) is 8.78 Å². The lowest BCUT2D eigenvalue weighted by atomic mass is 10.2. The van der Waals surface area contributed by atoms with Crippen LogP contribution in [0.5, 0.6) is 5.88 Å². The van der Waals surface area contributed by atoms with Gasteiger partial charge in [-0.2, -0.15) is 4.98 Å². The van der Waals surface area contributed by atoms with Crippen LogP contribution in [0.2, 0.25) is 0 Å². The van der Waals surface area contributed by atoms with Gasteiger partial charge in [-0.3, -0.25) is 0 Å². The molecule has 1 rings (SSSR count). The van der Waals surface area contributed by atoms with Gasteiger partial charge in [-0.1, -0.05) is 13.8 Å². The average molecular weight is 217 g/mol. The number of nitrogen functional groups attached to an aromatic ring is 1. The van der Waals surface area contributed by atoms with Crippen LogP contribution in [-0.2, 0) is 0 Å². The van der Waals surface area contributed by atoms with Crippen LogP contribution in [0.15, 0.2) is 6.07 Å². The molecule has 0 atom stereocenters. The van der Waals surface area contributed by atoms with Gasteiger partial charge in [-0.25, -0.2) is 14.6 Å². The van der Waals surface area contributed by atoms with Crippen molar-refractivity contribution >= 4 is 5.82 Å². The molecular formula is C9H13F2N3O. The summed E-state index contributed by atoms with van der Waals surface area (Å²) in [6.45, 7) is 4.12. The highest BCUT2D eigenvalue weighted by atomic mass is 19.1. The van der Waals surface area contributed by atoms with Crippen molar-refractivity contribution < 1.29 is 13.5 Å². The molecule has 1 heterocycles. The van der Waals surface area contributed by atoms with Crippen molar-refractivity contribution in [2.24, 2.45) is 11.8 Å². The number of hydrogen-bond donors (Lipinski definition) is 2. The monoisotopic (exact) mass is 217 g/mol. The first-order valence-electron chi connectivity index (χ1n) is 4.50. The minimum atomic E-state index is -0.855. The summed E-state index contributed by atoms with van der Waals surface area (Å²) in [4.78, 5) is 3.55. The van der Waals surface area contributed by atoms with Gasteiger partial charge in [0, 0.05) is 6.07 Å². The normalized spacial score (nSPS) is 10.5. The Labute approximate surface area is 86.4 Å². The van der Waals surface area contributed by atoms with Gasteiger partial charge in [0.2, 0.25) is 0 Å². The topological polar surface area (TPSA) is 60.2 Å². The molecule has 6 heteroatoms. The Balaban J connectivity index is 2.87. The third-order valence-electron chi connectivity index (χ3n) is 1.59. The summed E-state index contributed by atoms with van der Waals surface area (Å²) in [5.74, 6) is 3.03. The second kappa shape index (κ2) is 4.88. The fraction of sp³-hybridized carbons (Fsp3) is 0.444. The molecule has 0 amide bonds. The Hall–Kier alpha value is -1.43. The fourth-order valence-corrected chi connectivity index (χ4v) is 0.898. The standard InChI is InChI=1S/C9H13F2N3O/c1-5(2)4-15-9-7(11)3-6(10)8(13-9)14-12/h3,5H,4,12H2,1-2H3,(H,13,14). The summed E-state index contributed by atoms with van der Waals surface area (Å²) >= 11 is 0. The van der Waals surface area contributed by atoms with E-state index < -0.39 is 11.6 Å². The van der Waals surface area contributed by atoms with Crippen molar-refractivity contribution in [1.82, 2.24) is 4.98 Å². The van der Waals surface area contributed by atoms with E-state index >= 15 is 0 Å². The summed E-state index contributed by atoms with van der Waals surface area (Å²) in [6, 6.07) is 0.678. The van der Waals surface area contributed by atoms with Crippen molar-refractivity contribution in [2.45, 2.75) is 13.8 Å². The Bertz CT molecular complexity index is 344. The number of halogens is 2. The molecule has 0 aliphatic heterocycles. The molecule has 3 N–H and O–H groups in total. The number of hydrazine groups is 1. The van der Waals surface area contributed by atoms with Gasteiger partial charge in [0.25, 0.3) is 5.88 Å². The first-order valence-corrected chi connectivity index (χ1v) is 4.50. The van der Waals surface area contributed by atoms with E-state index in [1.54, 1.807) is 0 Å². The van der Waals surface area contributed by atoms with Crippen molar-refractivity contribution in [2.75, 3.05) is 12.0 Å².